The first-order valence-corrected chi connectivity index (χ1v) is 6.61. The summed E-state index contributed by atoms with van der Waals surface area (Å²) < 4.78 is 5.66. The average Bonchev–Trinajstić information content (AvgIpc) is 2.17. The van der Waals surface area contributed by atoms with Crippen LogP contribution in [-0.4, -0.2) is 23.4 Å². The van der Waals surface area contributed by atoms with Gasteiger partial charge in [0.1, 0.15) is 0 Å². The van der Waals surface area contributed by atoms with Crippen LogP contribution < -0.4 is 0 Å². The first-order chi connectivity index (χ1) is 7.29. The predicted molar refractivity (Wildman–Crippen MR) is 67.4 cm³/mol. The fourth-order valence-corrected chi connectivity index (χ4v) is 2.41. The van der Waals surface area contributed by atoms with Crippen molar-refractivity contribution in [1.29, 1.82) is 0 Å². The Morgan fingerprint density at radius 1 is 1.19 bits per heavy atom. The highest BCUT2D eigenvalue weighted by Crippen LogP contribution is 2.35. The molecule has 1 aliphatic carbocycles. The topological polar surface area (TPSA) is 29.5 Å². The second-order valence-electron chi connectivity index (χ2n) is 6.52. The van der Waals surface area contributed by atoms with Crippen LogP contribution in [0.2, 0.25) is 0 Å². The molecule has 0 spiro atoms. The predicted octanol–water partition coefficient (Wildman–Crippen LogP) is 3.23. The molecule has 4 unspecified atom stereocenters. The monoisotopic (exact) mass is 228 g/mol. The Morgan fingerprint density at radius 3 is 2.31 bits per heavy atom. The summed E-state index contributed by atoms with van der Waals surface area (Å²) in [7, 11) is 0. The van der Waals surface area contributed by atoms with Crippen LogP contribution >= 0.6 is 0 Å². The molecule has 0 bridgehead atoms. The minimum atomic E-state index is -0.283. The molecule has 0 amide bonds. The van der Waals surface area contributed by atoms with Gasteiger partial charge in [0.05, 0.1) is 18.3 Å². The van der Waals surface area contributed by atoms with E-state index >= 15 is 0 Å². The molecule has 0 heterocycles. The second kappa shape index (κ2) is 5.50. The normalized spacial score (nSPS) is 33.8. The third kappa shape index (κ3) is 4.42. The van der Waals surface area contributed by atoms with E-state index in [4.69, 9.17) is 4.74 Å². The van der Waals surface area contributed by atoms with Crippen molar-refractivity contribution in [2.24, 2.45) is 17.8 Å². The van der Waals surface area contributed by atoms with E-state index < -0.39 is 0 Å². The molecule has 0 aromatic rings. The number of hydrogen-bond acceptors (Lipinski definition) is 2. The van der Waals surface area contributed by atoms with Gasteiger partial charge >= 0.3 is 0 Å². The van der Waals surface area contributed by atoms with Crippen molar-refractivity contribution in [1.82, 2.24) is 0 Å². The van der Waals surface area contributed by atoms with E-state index in [1.807, 2.05) is 20.8 Å². The van der Waals surface area contributed by atoms with Crippen LogP contribution in [0.1, 0.15) is 53.9 Å². The number of rotatable bonds is 3. The maximum Gasteiger partial charge on any atom is 0.0802 e. The lowest BCUT2D eigenvalue weighted by molar-refractivity contribution is -0.0733. The molecule has 96 valence electrons. The van der Waals surface area contributed by atoms with Gasteiger partial charge in [0, 0.05) is 0 Å². The molecule has 0 saturated heterocycles. The van der Waals surface area contributed by atoms with E-state index in [9.17, 15) is 5.11 Å². The fourth-order valence-electron chi connectivity index (χ4n) is 2.41. The van der Waals surface area contributed by atoms with Crippen molar-refractivity contribution in [3.8, 4) is 0 Å². The zero-order chi connectivity index (χ0) is 12.3. The van der Waals surface area contributed by atoms with E-state index in [0.717, 1.165) is 24.7 Å². The van der Waals surface area contributed by atoms with Crippen molar-refractivity contribution in [2.75, 3.05) is 6.61 Å². The third-order valence-electron chi connectivity index (χ3n) is 3.87. The maximum absolute atomic E-state index is 10.1. The Balaban J connectivity index is 2.34. The van der Waals surface area contributed by atoms with Crippen LogP contribution in [0.4, 0.5) is 0 Å². The summed E-state index contributed by atoms with van der Waals surface area (Å²) >= 11 is 0. The van der Waals surface area contributed by atoms with Gasteiger partial charge in [-0.2, -0.15) is 0 Å². The molecule has 16 heavy (non-hydrogen) atoms. The van der Waals surface area contributed by atoms with Crippen molar-refractivity contribution in [3.05, 3.63) is 0 Å². The number of ether oxygens (including phenoxy) is 1. The van der Waals surface area contributed by atoms with Crippen molar-refractivity contribution in [2.45, 2.75) is 65.6 Å². The van der Waals surface area contributed by atoms with E-state index in [1.165, 1.54) is 6.42 Å². The molecular weight excluding hydrogens is 200 g/mol. The maximum atomic E-state index is 10.1. The minimum absolute atomic E-state index is 0.144. The molecule has 1 N–H and O–H groups in total. The van der Waals surface area contributed by atoms with Gasteiger partial charge in [0.25, 0.3) is 0 Å². The molecule has 1 saturated carbocycles. The Labute approximate surface area is 100 Å². The summed E-state index contributed by atoms with van der Waals surface area (Å²) in [5, 5.41) is 10.1. The van der Waals surface area contributed by atoms with Crippen LogP contribution in [0.5, 0.6) is 0 Å². The lowest BCUT2D eigenvalue weighted by Gasteiger charge is -2.35. The molecule has 1 fully saturated rings. The van der Waals surface area contributed by atoms with Crippen LogP contribution in [0.3, 0.4) is 0 Å². The Kier molecular flexibility index (Phi) is 4.81. The number of aliphatic hydroxyl groups is 1. The van der Waals surface area contributed by atoms with Crippen LogP contribution in [0, 0.1) is 17.8 Å². The molecular formula is C14H28O2. The smallest absolute Gasteiger partial charge is 0.0802 e. The first-order valence-electron chi connectivity index (χ1n) is 6.61. The van der Waals surface area contributed by atoms with Crippen molar-refractivity contribution < 1.29 is 9.84 Å². The van der Waals surface area contributed by atoms with Gasteiger partial charge in [-0.1, -0.05) is 20.3 Å². The summed E-state index contributed by atoms with van der Waals surface area (Å²) in [6.07, 6.45) is 3.27. The minimum Gasteiger partial charge on any atom is -0.390 e. The van der Waals surface area contributed by atoms with Gasteiger partial charge in [-0.15, -0.1) is 0 Å². The van der Waals surface area contributed by atoms with Crippen LogP contribution in [0.25, 0.3) is 0 Å². The highest BCUT2D eigenvalue weighted by molar-refractivity contribution is 4.80. The van der Waals surface area contributed by atoms with E-state index in [2.05, 4.69) is 13.8 Å². The summed E-state index contributed by atoms with van der Waals surface area (Å²) in [5.41, 5.74) is -0.144. The average molecular weight is 228 g/mol. The second-order valence-corrected chi connectivity index (χ2v) is 6.52. The standard InChI is InChI=1S/C14H28O2/c1-10-6-7-12(8-11(10)2)13(15)9-16-14(3,4)5/h10-13,15H,6-9H2,1-5H3. The van der Waals surface area contributed by atoms with Crippen LogP contribution in [0.15, 0.2) is 0 Å². The van der Waals surface area contributed by atoms with E-state index in [0.29, 0.717) is 12.5 Å². The zero-order valence-electron chi connectivity index (χ0n) is 11.5. The molecule has 2 heteroatoms. The number of hydrogen-bond donors (Lipinski definition) is 1. The Hall–Kier alpha value is -0.0800. The Bertz CT molecular complexity index is 207. The van der Waals surface area contributed by atoms with Gasteiger partial charge < -0.3 is 9.84 Å². The van der Waals surface area contributed by atoms with Gasteiger partial charge in [-0.3, -0.25) is 0 Å². The van der Waals surface area contributed by atoms with Gasteiger partial charge in [0.2, 0.25) is 0 Å². The van der Waals surface area contributed by atoms with Crippen molar-refractivity contribution in [3.63, 3.8) is 0 Å². The van der Waals surface area contributed by atoms with Gasteiger partial charge in [-0.25, -0.2) is 0 Å². The summed E-state index contributed by atoms with van der Waals surface area (Å²) in [6, 6.07) is 0. The lowest BCUT2D eigenvalue weighted by atomic mass is 9.74. The largest absolute Gasteiger partial charge is 0.390 e. The molecule has 1 rings (SSSR count). The summed E-state index contributed by atoms with van der Waals surface area (Å²) in [5.74, 6) is 1.99. The molecule has 0 aliphatic heterocycles. The first kappa shape index (κ1) is 14.0. The summed E-state index contributed by atoms with van der Waals surface area (Å²) in [6.45, 7) is 11.2. The molecule has 0 aromatic carbocycles. The molecule has 2 nitrogen and oxygen atoms in total. The SMILES string of the molecule is CC1CCC(C(O)COC(C)(C)C)CC1C. The quantitative estimate of drug-likeness (QED) is 0.803. The fraction of sp³-hybridized carbons (Fsp3) is 1.00. The highest BCUT2D eigenvalue weighted by atomic mass is 16.5. The number of aliphatic hydroxyl groups excluding tert-OH is 1. The van der Waals surface area contributed by atoms with E-state index in [1.54, 1.807) is 0 Å². The highest BCUT2D eigenvalue weighted by Gasteiger charge is 2.29. The molecule has 1 aliphatic rings. The van der Waals surface area contributed by atoms with Crippen molar-refractivity contribution >= 4 is 0 Å². The van der Waals surface area contributed by atoms with E-state index in [-0.39, 0.29) is 11.7 Å². The molecule has 4 atom stereocenters. The molecule has 0 aromatic heterocycles. The summed E-state index contributed by atoms with van der Waals surface area (Å²) in [4.78, 5) is 0. The van der Waals surface area contributed by atoms with Crippen LogP contribution in [-0.2, 0) is 4.74 Å². The zero-order valence-corrected chi connectivity index (χ0v) is 11.5. The third-order valence-corrected chi connectivity index (χ3v) is 3.87. The molecule has 0 radical (unpaired) electrons. The Morgan fingerprint density at radius 2 is 1.81 bits per heavy atom. The van der Waals surface area contributed by atoms with Gasteiger partial charge in [-0.05, 0) is 51.4 Å². The lowest BCUT2D eigenvalue weighted by Crippen LogP contribution is -2.35. The van der Waals surface area contributed by atoms with Gasteiger partial charge in [0.15, 0.2) is 0 Å².